The van der Waals surface area contributed by atoms with Crippen molar-refractivity contribution in [2.75, 3.05) is 6.61 Å². The van der Waals surface area contributed by atoms with Crippen LogP contribution in [0.4, 0.5) is 0 Å². The fourth-order valence-corrected chi connectivity index (χ4v) is 3.52. The number of hydrogen-bond acceptors (Lipinski definition) is 4. The maximum absolute atomic E-state index is 12.9. The molecule has 0 bridgehead atoms. The molecular weight excluding hydrogens is 352 g/mol. The number of hydrogen-bond donors (Lipinski definition) is 1. The zero-order valence-corrected chi connectivity index (χ0v) is 17.0. The molecule has 0 saturated carbocycles. The first-order valence-electron chi connectivity index (χ1n) is 9.81. The van der Waals surface area contributed by atoms with Gasteiger partial charge in [-0.25, -0.2) is 0 Å². The molecule has 2 aromatic rings. The Labute approximate surface area is 166 Å². The summed E-state index contributed by atoms with van der Waals surface area (Å²) in [6.07, 6.45) is 1.86. The monoisotopic (exact) mass is 380 g/mol. The van der Waals surface area contributed by atoms with Crippen molar-refractivity contribution in [2.45, 2.75) is 58.2 Å². The molecule has 0 radical (unpaired) electrons. The van der Waals surface area contributed by atoms with E-state index in [-0.39, 0.29) is 11.6 Å². The predicted octanol–water partition coefficient (Wildman–Crippen LogP) is 4.35. The minimum Gasteiger partial charge on any atom is -0.390 e. The van der Waals surface area contributed by atoms with Gasteiger partial charge in [0.05, 0.1) is 17.8 Å². The van der Waals surface area contributed by atoms with Crippen LogP contribution in [0.3, 0.4) is 0 Å². The second-order valence-electron chi connectivity index (χ2n) is 8.47. The van der Waals surface area contributed by atoms with Gasteiger partial charge in [0.1, 0.15) is 0 Å². The van der Waals surface area contributed by atoms with Crippen molar-refractivity contribution >= 4 is 11.6 Å². The van der Waals surface area contributed by atoms with Crippen LogP contribution in [0.15, 0.2) is 42.5 Å². The van der Waals surface area contributed by atoms with Gasteiger partial charge in [-0.2, -0.15) is 0 Å². The van der Waals surface area contributed by atoms with Gasteiger partial charge < -0.3 is 9.84 Å². The highest BCUT2D eigenvalue weighted by Gasteiger charge is 2.30. The van der Waals surface area contributed by atoms with Gasteiger partial charge in [-0.15, -0.1) is 0 Å². The first kappa shape index (κ1) is 20.4. The summed E-state index contributed by atoms with van der Waals surface area (Å²) in [6.45, 7) is 8.22. The summed E-state index contributed by atoms with van der Waals surface area (Å²) < 4.78 is 6.01. The number of benzene rings is 2. The Hall–Kier alpha value is -2.30. The smallest absolute Gasteiger partial charge is 0.194 e. The Morgan fingerprint density at radius 3 is 2.07 bits per heavy atom. The molecule has 0 aliphatic heterocycles. The minimum absolute atomic E-state index is 0.103. The molecule has 0 fully saturated rings. The standard InChI is InChI=1S/C24H28O4/c1-5-24(4,27)12-13-28-23(2,3)15-16-10-11-19-20(14-16)22(26)18-9-7-6-8-17(18)21(19)25/h6-11,14,27H,5,12-13,15H2,1-4H3. The second-order valence-corrected chi connectivity index (χ2v) is 8.47. The fourth-order valence-electron chi connectivity index (χ4n) is 3.52. The molecular formula is C24H28O4. The lowest BCUT2D eigenvalue weighted by atomic mass is 9.82. The third-order valence-electron chi connectivity index (χ3n) is 5.51. The minimum atomic E-state index is -0.720. The van der Waals surface area contributed by atoms with Crippen LogP contribution < -0.4 is 0 Å². The molecule has 4 heteroatoms. The van der Waals surface area contributed by atoms with Crippen LogP contribution in [0.5, 0.6) is 0 Å². The van der Waals surface area contributed by atoms with Crippen molar-refractivity contribution in [3.05, 3.63) is 70.3 Å². The zero-order chi connectivity index (χ0) is 20.5. The highest BCUT2D eigenvalue weighted by Crippen LogP contribution is 2.29. The summed E-state index contributed by atoms with van der Waals surface area (Å²) in [6, 6.07) is 12.4. The lowest BCUT2D eigenvalue weighted by molar-refractivity contribution is -0.0509. The van der Waals surface area contributed by atoms with Crippen molar-refractivity contribution in [1.29, 1.82) is 0 Å². The van der Waals surface area contributed by atoms with E-state index >= 15 is 0 Å². The van der Waals surface area contributed by atoms with Crippen LogP contribution in [-0.4, -0.2) is 34.5 Å². The van der Waals surface area contributed by atoms with Crippen LogP contribution in [0.1, 0.15) is 77.9 Å². The summed E-state index contributed by atoms with van der Waals surface area (Å²) in [5.41, 5.74) is 1.65. The van der Waals surface area contributed by atoms with E-state index in [4.69, 9.17) is 4.74 Å². The van der Waals surface area contributed by atoms with Crippen LogP contribution >= 0.6 is 0 Å². The molecule has 3 rings (SSSR count). The number of rotatable bonds is 7. The Morgan fingerprint density at radius 2 is 1.46 bits per heavy atom. The normalized spacial score (nSPS) is 15.8. The highest BCUT2D eigenvalue weighted by molar-refractivity contribution is 6.28. The maximum Gasteiger partial charge on any atom is 0.194 e. The van der Waals surface area contributed by atoms with E-state index in [1.165, 1.54) is 0 Å². The van der Waals surface area contributed by atoms with E-state index in [0.717, 1.165) is 5.56 Å². The third kappa shape index (κ3) is 4.23. The second kappa shape index (κ2) is 7.61. The van der Waals surface area contributed by atoms with Crippen LogP contribution in [-0.2, 0) is 11.2 Å². The quantitative estimate of drug-likeness (QED) is 0.662. The first-order chi connectivity index (χ1) is 13.1. The summed E-state index contributed by atoms with van der Waals surface area (Å²) in [5, 5.41) is 10.1. The molecule has 1 unspecified atom stereocenters. The third-order valence-corrected chi connectivity index (χ3v) is 5.51. The Balaban J connectivity index is 1.77. The van der Waals surface area contributed by atoms with E-state index in [0.29, 0.717) is 48.1 Å². The number of carbonyl (C=O) groups is 2. The molecule has 28 heavy (non-hydrogen) atoms. The van der Waals surface area contributed by atoms with Crippen molar-refractivity contribution in [3.63, 3.8) is 0 Å². The van der Waals surface area contributed by atoms with Gasteiger partial charge in [0.15, 0.2) is 11.6 Å². The summed E-state index contributed by atoms with van der Waals surface area (Å²) in [4.78, 5) is 25.6. The molecule has 1 atom stereocenters. The van der Waals surface area contributed by atoms with Crippen LogP contribution in [0.25, 0.3) is 0 Å². The average Bonchev–Trinajstić information content (AvgIpc) is 2.65. The number of ether oxygens (including phenoxy) is 1. The van der Waals surface area contributed by atoms with E-state index in [1.807, 2.05) is 39.8 Å². The van der Waals surface area contributed by atoms with Crippen LogP contribution in [0.2, 0.25) is 0 Å². The topological polar surface area (TPSA) is 63.6 Å². The van der Waals surface area contributed by atoms with Gasteiger partial charge >= 0.3 is 0 Å². The summed E-state index contributed by atoms with van der Waals surface area (Å²) >= 11 is 0. The summed E-state index contributed by atoms with van der Waals surface area (Å²) in [7, 11) is 0. The SMILES string of the molecule is CCC(C)(O)CCOC(C)(C)Cc1ccc2c(c1)C(=O)c1ccccc1C2=O. The number of fused-ring (bicyclic) bond motifs is 2. The first-order valence-corrected chi connectivity index (χ1v) is 9.81. The van der Waals surface area contributed by atoms with Crippen LogP contribution in [0, 0.1) is 0 Å². The molecule has 2 aromatic carbocycles. The molecule has 4 nitrogen and oxygen atoms in total. The number of ketones is 2. The van der Waals surface area contributed by atoms with Gasteiger partial charge in [-0.3, -0.25) is 9.59 Å². The van der Waals surface area contributed by atoms with E-state index in [1.54, 1.807) is 30.3 Å². The van der Waals surface area contributed by atoms with Crippen molar-refractivity contribution < 1.29 is 19.4 Å². The highest BCUT2D eigenvalue weighted by atomic mass is 16.5. The van der Waals surface area contributed by atoms with Crippen molar-refractivity contribution in [3.8, 4) is 0 Å². The lowest BCUT2D eigenvalue weighted by Crippen LogP contribution is -2.32. The Morgan fingerprint density at radius 1 is 0.893 bits per heavy atom. The average molecular weight is 380 g/mol. The number of aliphatic hydroxyl groups is 1. The number of carbonyl (C=O) groups excluding carboxylic acids is 2. The van der Waals surface area contributed by atoms with Gasteiger partial charge in [-0.05, 0) is 45.2 Å². The lowest BCUT2D eigenvalue weighted by Gasteiger charge is -2.29. The van der Waals surface area contributed by atoms with E-state index in [2.05, 4.69) is 0 Å². The van der Waals surface area contributed by atoms with Crippen molar-refractivity contribution in [2.24, 2.45) is 0 Å². The molecule has 1 N–H and O–H groups in total. The molecule has 0 saturated heterocycles. The summed E-state index contributed by atoms with van der Waals surface area (Å²) in [5.74, 6) is -0.209. The largest absolute Gasteiger partial charge is 0.390 e. The van der Waals surface area contributed by atoms with E-state index < -0.39 is 11.2 Å². The van der Waals surface area contributed by atoms with Gasteiger partial charge in [0, 0.05) is 28.7 Å². The van der Waals surface area contributed by atoms with Gasteiger partial charge in [0.2, 0.25) is 0 Å². The van der Waals surface area contributed by atoms with Crippen molar-refractivity contribution in [1.82, 2.24) is 0 Å². The molecule has 148 valence electrons. The van der Waals surface area contributed by atoms with Gasteiger partial charge in [-0.1, -0.05) is 43.3 Å². The molecule has 1 aliphatic carbocycles. The Bertz CT molecular complexity index is 909. The molecule has 0 heterocycles. The van der Waals surface area contributed by atoms with Gasteiger partial charge in [0.25, 0.3) is 0 Å². The van der Waals surface area contributed by atoms with E-state index in [9.17, 15) is 14.7 Å². The molecule has 0 aromatic heterocycles. The Kier molecular flexibility index (Phi) is 5.55. The molecule has 0 amide bonds. The predicted molar refractivity (Wildman–Crippen MR) is 109 cm³/mol. The zero-order valence-electron chi connectivity index (χ0n) is 17.0. The molecule has 0 spiro atoms. The molecule has 1 aliphatic rings. The fraction of sp³-hybridized carbons (Fsp3) is 0.417. The maximum atomic E-state index is 12.9.